The molecule has 0 bridgehead atoms. The zero-order valence-electron chi connectivity index (χ0n) is 10.8. The van der Waals surface area contributed by atoms with E-state index in [-0.39, 0.29) is 17.4 Å². The first-order chi connectivity index (χ1) is 9.32. The Labute approximate surface area is 116 Å². The second-order valence-electron chi connectivity index (χ2n) is 4.76. The minimum atomic E-state index is -3.71. The molecular formula is C11H15N3O5S. The van der Waals surface area contributed by atoms with Gasteiger partial charge in [0, 0.05) is 19.2 Å². The lowest BCUT2D eigenvalue weighted by Crippen LogP contribution is -2.30. The molecule has 0 saturated carbocycles. The molecule has 1 fully saturated rings. The predicted octanol–water partition coefficient (Wildman–Crippen LogP) is 0.381. The van der Waals surface area contributed by atoms with Crippen LogP contribution < -0.4 is 0 Å². The lowest BCUT2D eigenvalue weighted by Gasteiger charge is -2.16. The molecule has 8 nitrogen and oxygen atoms in total. The van der Waals surface area contributed by atoms with Crippen LogP contribution in [-0.4, -0.2) is 46.9 Å². The molecular weight excluding hydrogens is 286 g/mol. The highest BCUT2D eigenvalue weighted by atomic mass is 32.2. The Morgan fingerprint density at radius 2 is 2.25 bits per heavy atom. The van der Waals surface area contributed by atoms with Gasteiger partial charge >= 0.3 is 5.82 Å². The third kappa shape index (κ3) is 2.79. The molecule has 1 N–H and O–H groups in total. The van der Waals surface area contributed by atoms with Gasteiger partial charge in [-0.3, -0.25) is 0 Å². The van der Waals surface area contributed by atoms with Gasteiger partial charge in [-0.25, -0.2) is 8.42 Å². The SMILES string of the molecule is CC(O)C1CCN(S(=O)(=O)c2ccc([N+](=O)[O-])nc2)C1. The number of pyridine rings is 1. The number of aromatic nitrogens is 1. The van der Waals surface area contributed by atoms with Crippen LogP contribution in [0, 0.1) is 16.0 Å². The fraction of sp³-hybridized carbons (Fsp3) is 0.545. The number of hydrogen-bond donors (Lipinski definition) is 1. The molecule has 20 heavy (non-hydrogen) atoms. The molecule has 0 amide bonds. The molecule has 2 heterocycles. The molecule has 1 saturated heterocycles. The minimum Gasteiger partial charge on any atom is -0.393 e. The third-order valence-electron chi connectivity index (χ3n) is 3.42. The van der Waals surface area contributed by atoms with Crippen molar-refractivity contribution >= 4 is 15.8 Å². The lowest BCUT2D eigenvalue weighted by molar-refractivity contribution is -0.389. The van der Waals surface area contributed by atoms with Crippen LogP contribution in [0.15, 0.2) is 23.2 Å². The van der Waals surface area contributed by atoms with Gasteiger partial charge in [-0.1, -0.05) is 0 Å². The Bertz CT molecular complexity index is 599. The van der Waals surface area contributed by atoms with Crippen molar-refractivity contribution in [2.75, 3.05) is 13.1 Å². The van der Waals surface area contributed by atoms with Crippen LogP contribution >= 0.6 is 0 Å². The van der Waals surface area contributed by atoms with Crippen molar-refractivity contribution in [1.29, 1.82) is 0 Å². The van der Waals surface area contributed by atoms with Crippen LogP contribution in [-0.2, 0) is 10.0 Å². The maximum atomic E-state index is 12.3. The van der Waals surface area contributed by atoms with E-state index < -0.39 is 26.9 Å². The fourth-order valence-corrected chi connectivity index (χ4v) is 3.61. The average Bonchev–Trinajstić information content (AvgIpc) is 2.89. The highest BCUT2D eigenvalue weighted by Gasteiger charge is 2.35. The molecule has 1 aromatic heterocycles. The average molecular weight is 301 g/mol. The summed E-state index contributed by atoms with van der Waals surface area (Å²) in [7, 11) is -3.71. The van der Waals surface area contributed by atoms with E-state index in [0.717, 1.165) is 12.3 Å². The van der Waals surface area contributed by atoms with Gasteiger partial charge in [0.1, 0.15) is 4.90 Å². The van der Waals surface area contributed by atoms with E-state index >= 15 is 0 Å². The molecule has 0 aliphatic carbocycles. The van der Waals surface area contributed by atoms with Gasteiger partial charge in [-0.15, -0.1) is 0 Å². The second-order valence-corrected chi connectivity index (χ2v) is 6.70. The monoisotopic (exact) mass is 301 g/mol. The Morgan fingerprint density at radius 1 is 1.55 bits per heavy atom. The highest BCUT2D eigenvalue weighted by Crippen LogP contribution is 2.26. The summed E-state index contributed by atoms with van der Waals surface area (Å²) in [5.41, 5.74) is 0. The fourth-order valence-electron chi connectivity index (χ4n) is 2.15. The molecule has 2 unspecified atom stereocenters. The molecule has 9 heteroatoms. The largest absolute Gasteiger partial charge is 0.393 e. The molecule has 1 aliphatic heterocycles. The van der Waals surface area contributed by atoms with Gasteiger partial charge in [0.2, 0.25) is 10.0 Å². The standard InChI is InChI=1S/C11H15N3O5S/c1-8(15)9-4-5-13(7-9)20(18,19)10-2-3-11(12-6-10)14(16)17/h2-3,6,8-9,15H,4-5,7H2,1H3. The summed E-state index contributed by atoms with van der Waals surface area (Å²) in [5.74, 6) is -0.483. The van der Waals surface area contributed by atoms with E-state index in [1.165, 1.54) is 10.4 Å². The van der Waals surface area contributed by atoms with E-state index in [1.54, 1.807) is 6.92 Å². The topological polar surface area (TPSA) is 114 Å². The summed E-state index contributed by atoms with van der Waals surface area (Å²) in [6.45, 7) is 2.21. The van der Waals surface area contributed by atoms with Gasteiger partial charge < -0.3 is 15.2 Å². The van der Waals surface area contributed by atoms with Crippen LogP contribution in [0.3, 0.4) is 0 Å². The number of rotatable bonds is 4. The van der Waals surface area contributed by atoms with Crippen LogP contribution in [0.4, 0.5) is 5.82 Å². The maximum Gasteiger partial charge on any atom is 0.363 e. The van der Waals surface area contributed by atoms with Crippen LogP contribution in [0.25, 0.3) is 0 Å². The van der Waals surface area contributed by atoms with Crippen LogP contribution in [0.2, 0.25) is 0 Å². The second kappa shape index (κ2) is 5.43. The maximum absolute atomic E-state index is 12.3. The molecule has 2 atom stereocenters. The summed E-state index contributed by atoms with van der Waals surface area (Å²) < 4.78 is 25.9. The zero-order valence-corrected chi connectivity index (χ0v) is 11.7. The molecule has 1 aliphatic rings. The minimum absolute atomic E-state index is 0.0747. The predicted molar refractivity (Wildman–Crippen MR) is 69.4 cm³/mol. The van der Waals surface area contributed by atoms with Gasteiger partial charge in [-0.2, -0.15) is 4.31 Å². The first-order valence-corrected chi connectivity index (χ1v) is 7.55. The summed E-state index contributed by atoms with van der Waals surface area (Å²) in [6, 6.07) is 2.24. The van der Waals surface area contributed by atoms with Crippen molar-refractivity contribution in [1.82, 2.24) is 9.29 Å². The summed E-state index contributed by atoms with van der Waals surface area (Å²) in [6.07, 6.45) is 1.02. The first kappa shape index (κ1) is 14.8. The van der Waals surface area contributed by atoms with Crippen LogP contribution in [0.5, 0.6) is 0 Å². The number of nitrogens with zero attached hydrogens (tertiary/aromatic N) is 3. The quantitative estimate of drug-likeness (QED) is 0.635. The highest BCUT2D eigenvalue weighted by molar-refractivity contribution is 7.89. The number of hydrogen-bond acceptors (Lipinski definition) is 6. The zero-order chi connectivity index (χ0) is 14.9. The lowest BCUT2D eigenvalue weighted by atomic mass is 10.0. The summed E-state index contributed by atoms with van der Waals surface area (Å²) in [5, 5.41) is 20.0. The third-order valence-corrected chi connectivity index (χ3v) is 5.26. The molecule has 110 valence electrons. The van der Waals surface area contributed by atoms with Crippen molar-refractivity contribution < 1.29 is 18.4 Å². The van der Waals surface area contributed by atoms with Gasteiger partial charge in [0.05, 0.1) is 6.10 Å². The molecule has 0 spiro atoms. The van der Waals surface area contributed by atoms with E-state index in [0.29, 0.717) is 13.0 Å². The van der Waals surface area contributed by atoms with Crippen molar-refractivity contribution in [2.24, 2.45) is 5.92 Å². The molecule has 2 rings (SSSR count). The molecule has 0 aromatic carbocycles. The number of aliphatic hydroxyl groups is 1. The van der Waals surface area contributed by atoms with Crippen molar-refractivity contribution in [2.45, 2.75) is 24.3 Å². The Balaban J connectivity index is 2.21. The summed E-state index contributed by atoms with van der Waals surface area (Å²) in [4.78, 5) is 13.2. The van der Waals surface area contributed by atoms with Gasteiger partial charge in [-0.05, 0) is 35.2 Å². The van der Waals surface area contributed by atoms with Crippen molar-refractivity contribution in [3.8, 4) is 0 Å². The Hall–Kier alpha value is -1.58. The van der Waals surface area contributed by atoms with E-state index in [9.17, 15) is 23.6 Å². The van der Waals surface area contributed by atoms with E-state index in [4.69, 9.17) is 0 Å². The smallest absolute Gasteiger partial charge is 0.363 e. The normalized spacial score (nSPS) is 21.8. The molecule has 1 aromatic rings. The van der Waals surface area contributed by atoms with E-state index in [1.807, 2.05) is 0 Å². The van der Waals surface area contributed by atoms with Crippen LogP contribution in [0.1, 0.15) is 13.3 Å². The van der Waals surface area contributed by atoms with Crippen molar-refractivity contribution in [3.63, 3.8) is 0 Å². The van der Waals surface area contributed by atoms with Gasteiger partial charge in [0.15, 0.2) is 6.20 Å². The molecule has 0 radical (unpaired) electrons. The van der Waals surface area contributed by atoms with E-state index in [2.05, 4.69) is 4.98 Å². The number of aliphatic hydroxyl groups excluding tert-OH is 1. The van der Waals surface area contributed by atoms with Gasteiger partial charge in [0.25, 0.3) is 0 Å². The Morgan fingerprint density at radius 3 is 2.70 bits per heavy atom. The first-order valence-electron chi connectivity index (χ1n) is 6.11. The number of sulfonamides is 1. The Kier molecular flexibility index (Phi) is 4.02. The summed E-state index contributed by atoms with van der Waals surface area (Å²) >= 11 is 0. The number of nitro groups is 1. The van der Waals surface area contributed by atoms with Crippen molar-refractivity contribution in [3.05, 3.63) is 28.4 Å².